The van der Waals surface area contributed by atoms with E-state index >= 15 is 0 Å². The SMILES string of the molecule is CN=C(NCC(c1ccc(C)o1)N1CCOCC1)NC(C)CCC(C)C. The number of hydrogen-bond donors (Lipinski definition) is 2. The van der Waals surface area contributed by atoms with Crippen molar-refractivity contribution in [2.75, 3.05) is 39.9 Å². The second-order valence-corrected chi connectivity index (χ2v) is 7.58. The molecule has 0 spiro atoms. The van der Waals surface area contributed by atoms with Gasteiger partial charge >= 0.3 is 0 Å². The van der Waals surface area contributed by atoms with Gasteiger partial charge in [-0.15, -0.1) is 0 Å². The Kier molecular flexibility index (Phi) is 8.45. The molecule has 1 fully saturated rings. The van der Waals surface area contributed by atoms with Crippen LogP contribution >= 0.6 is 0 Å². The van der Waals surface area contributed by atoms with Crippen molar-refractivity contribution in [1.82, 2.24) is 15.5 Å². The molecule has 0 aliphatic carbocycles. The summed E-state index contributed by atoms with van der Waals surface area (Å²) in [7, 11) is 1.82. The van der Waals surface area contributed by atoms with Crippen LogP contribution in [0.5, 0.6) is 0 Å². The van der Waals surface area contributed by atoms with Gasteiger partial charge in [-0.05, 0) is 44.7 Å². The first-order valence-electron chi connectivity index (χ1n) is 9.85. The van der Waals surface area contributed by atoms with Crippen LogP contribution in [0.1, 0.15) is 51.2 Å². The van der Waals surface area contributed by atoms with Gasteiger partial charge in [-0.2, -0.15) is 0 Å². The lowest BCUT2D eigenvalue weighted by atomic mass is 10.0. The third-order valence-electron chi connectivity index (χ3n) is 4.82. The molecule has 1 aromatic heterocycles. The van der Waals surface area contributed by atoms with Gasteiger partial charge in [0.2, 0.25) is 0 Å². The Morgan fingerprint density at radius 3 is 2.50 bits per heavy atom. The second kappa shape index (κ2) is 10.6. The van der Waals surface area contributed by atoms with Gasteiger partial charge in [0, 0.05) is 32.7 Å². The number of hydrogen-bond acceptors (Lipinski definition) is 4. The smallest absolute Gasteiger partial charge is 0.191 e. The molecule has 0 amide bonds. The molecule has 0 aromatic carbocycles. The molecule has 2 unspecified atom stereocenters. The third kappa shape index (κ3) is 6.65. The van der Waals surface area contributed by atoms with E-state index in [-0.39, 0.29) is 6.04 Å². The highest BCUT2D eigenvalue weighted by Crippen LogP contribution is 2.23. The predicted octanol–water partition coefficient (Wildman–Crippen LogP) is 2.95. The molecule has 1 aliphatic heterocycles. The molecule has 6 nitrogen and oxygen atoms in total. The Morgan fingerprint density at radius 1 is 1.19 bits per heavy atom. The second-order valence-electron chi connectivity index (χ2n) is 7.58. The number of nitrogens with one attached hydrogen (secondary N) is 2. The average Bonchev–Trinajstić information content (AvgIpc) is 3.06. The summed E-state index contributed by atoms with van der Waals surface area (Å²) in [6, 6.07) is 4.69. The number of rotatable bonds is 8. The number of aryl methyl sites for hydroxylation is 1. The molecule has 1 aliphatic rings. The van der Waals surface area contributed by atoms with Crippen LogP contribution in [0.2, 0.25) is 0 Å². The minimum absolute atomic E-state index is 0.178. The molecule has 1 saturated heterocycles. The van der Waals surface area contributed by atoms with Crippen molar-refractivity contribution in [3.05, 3.63) is 23.7 Å². The fourth-order valence-electron chi connectivity index (χ4n) is 3.21. The molecule has 2 N–H and O–H groups in total. The average molecular weight is 365 g/mol. The van der Waals surface area contributed by atoms with E-state index in [1.807, 2.05) is 20.0 Å². The van der Waals surface area contributed by atoms with Gasteiger partial charge in [-0.25, -0.2) is 0 Å². The van der Waals surface area contributed by atoms with Crippen LogP contribution in [0.4, 0.5) is 0 Å². The Balaban J connectivity index is 1.94. The van der Waals surface area contributed by atoms with E-state index in [1.165, 1.54) is 6.42 Å². The van der Waals surface area contributed by atoms with Gasteiger partial charge in [-0.3, -0.25) is 9.89 Å². The fraction of sp³-hybridized carbons (Fsp3) is 0.750. The largest absolute Gasteiger partial charge is 0.465 e. The first-order valence-corrected chi connectivity index (χ1v) is 9.85. The molecule has 6 heteroatoms. The van der Waals surface area contributed by atoms with E-state index in [2.05, 4.69) is 47.4 Å². The molecule has 0 bridgehead atoms. The molecule has 26 heavy (non-hydrogen) atoms. The fourth-order valence-corrected chi connectivity index (χ4v) is 3.21. The minimum atomic E-state index is 0.178. The summed E-state index contributed by atoms with van der Waals surface area (Å²) in [5.41, 5.74) is 0. The van der Waals surface area contributed by atoms with Crippen molar-refractivity contribution in [3.8, 4) is 0 Å². The van der Waals surface area contributed by atoms with Crippen molar-refractivity contribution in [2.24, 2.45) is 10.9 Å². The Morgan fingerprint density at radius 2 is 1.92 bits per heavy atom. The van der Waals surface area contributed by atoms with E-state index in [4.69, 9.17) is 9.15 Å². The Bertz CT molecular complexity index is 550. The third-order valence-corrected chi connectivity index (χ3v) is 4.82. The van der Waals surface area contributed by atoms with Crippen LogP contribution in [-0.2, 0) is 4.74 Å². The molecule has 2 rings (SSSR count). The number of morpholine rings is 1. The number of furan rings is 1. The molecule has 1 aromatic rings. The maximum absolute atomic E-state index is 5.93. The van der Waals surface area contributed by atoms with E-state index in [0.29, 0.717) is 6.04 Å². The summed E-state index contributed by atoms with van der Waals surface area (Å²) < 4.78 is 11.4. The van der Waals surface area contributed by atoms with Gasteiger partial charge < -0.3 is 19.8 Å². The number of aliphatic imine (C=N–C) groups is 1. The highest BCUT2D eigenvalue weighted by Gasteiger charge is 2.25. The molecule has 2 heterocycles. The molecule has 0 radical (unpaired) electrons. The number of nitrogens with zero attached hydrogens (tertiary/aromatic N) is 2. The summed E-state index contributed by atoms with van der Waals surface area (Å²) in [5.74, 6) is 3.52. The zero-order valence-electron chi connectivity index (χ0n) is 17.0. The minimum Gasteiger partial charge on any atom is -0.465 e. The lowest BCUT2D eigenvalue weighted by Crippen LogP contribution is -2.47. The molecule has 2 atom stereocenters. The van der Waals surface area contributed by atoms with Crippen molar-refractivity contribution >= 4 is 5.96 Å². The molecule has 148 valence electrons. The molecule has 0 saturated carbocycles. The van der Waals surface area contributed by atoms with Crippen molar-refractivity contribution in [2.45, 2.75) is 52.6 Å². The molecular weight excluding hydrogens is 328 g/mol. The van der Waals surface area contributed by atoms with Crippen LogP contribution in [0.3, 0.4) is 0 Å². The maximum Gasteiger partial charge on any atom is 0.191 e. The summed E-state index contributed by atoms with van der Waals surface area (Å²) >= 11 is 0. The highest BCUT2D eigenvalue weighted by atomic mass is 16.5. The molecular formula is C20H36N4O2. The normalized spacial score (nSPS) is 18.8. The predicted molar refractivity (Wildman–Crippen MR) is 107 cm³/mol. The van der Waals surface area contributed by atoms with Crippen LogP contribution in [0.15, 0.2) is 21.5 Å². The van der Waals surface area contributed by atoms with E-state index in [9.17, 15) is 0 Å². The van der Waals surface area contributed by atoms with Gasteiger partial charge in [0.25, 0.3) is 0 Å². The van der Waals surface area contributed by atoms with E-state index in [1.54, 1.807) is 0 Å². The summed E-state index contributed by atoms with van der Waals surface area (Å²) in [5, 5.41) is 6.99. The number of ether oxygens (including phenoxy) is 1. The van der Waals surface area contributed by atoms with E-state index in [0.717, 1.165) is 62.7 Å². The van der Waals surface area contributed by atoms with Crippen LogP contribution in [0, 0.1) is 12.8 Å². The van der Waals surface area contributed by atoms with Gasteiger partial charge in [0.1, 0.15) is 11.5 Å². The first kappa shape index (κ1) is 20.8. The van der Waals surface area contributed by atoms with Crippen LogP contribution in [-0.4, -0.2) is 56.8 Å². The van der Waals surface area contributed by atoms with Crippen LogP contribution < -0.4 is 10.6 Å². The van der Waals surface area contributed by atoms with Gasteiger partial charge in [-0.1, -0.05) is 13.8 Å². The summed E-state index contributed by atoms with van der Waals surface area (Å²) in [4.78, 5) is 6.81. The standard InChI is InChI=1S/C20H36N4O2/c1-15(2)6-7-16(3)23-20(21-5)22-14-18(19-9-8-17(4)26-19)24-10-12-25-13-11-24/h8-9,15-16,18H,6-7,10-14H2,1-5H3,(H2,21,22,23). The van der Waals surface area contributed by atoms with E-state index < -0.39 is 0 Å². The maximum atomic E-state index is 5.93. The van der Waals surface area contributed by atoms with Gasteiger partial charge in [0.15, 0.2) is 5.96 Å². The van der Waals surface area contributed by atoms with Crippen molar-refractivity contribution < 1.29 is 9.15 Å². The zero-order valence-corrected chi connectivity index (χ0v) is 17.0. The topological polar surface area (TPSA) is 62.0 Å². The summed E-state index contributed by atoms with van der Waals surface area (Å²) in [6.07, 6.45) is 2.36. The van der Waals surface area contributed by atoms with Crippen molar-refractivity contribution in [3.63, 3.8) is 0 Å². The van der Waals surface area contributed by atoms with Crippen molar-refractivity contribution in [1.29, 1.82) is 0 Å². The number of guanidine groups is 1. The Labute approximate surface area is 158 Å². The monoisotopic (exact) mass is 364 g/mol. The zero-order chi connectivity index (χ0) is 18.9. The lowest BCUT2D eigenvalue weighted by molar-refractivity contribution is 0.0124. The first-order chi connectivity index (χ1) is 12.5. The Hall–Kier alpha value is -1.53. The lowest BCUT2D eigenvalue weighted by Gasteiger charge is -2.33. The highest BCUT2D eigenvalue weighted by molar-refractivity contribution is 5.79. The summed E-state index contributed by atoms with van der Waals surface area (Å²) in [6.45, 7) is 12.9. The quantitative estimate of drug-likeness (QED) is 0.548. The van der Waals surface area contributed by atoms with Crippen LogP contribution in [0.25, 0.3) is 0 Å². The van der Waals surface area contributed by atoms with Gasteiger partial charge in [0.05, 0.1) is 19.3 Å².